The second kappa shape index (κ2) is 7.05. The number of benzene rings is 2. The molecule has 1 unspecified atom stereocenters. The van der Waals surface area contributed by atoms with E-state index in [-0.39, 0.29) is 10.6 Å². The van der Waals surface area contributed by atoms with Gasteiger partial charge in [-0.3, -0.25) is 0 Å². The van der Waals surface area contributed by atoms with E-state index in [4.69, 9.17) is 9.47 Å². The molecule has 1 radical (unpaired) electrons. The molecule has 1 aliphatic carbocycles. The summed E-state index contributed by atoms with van der Waals surface area (Å²) in [6, 6.07) is 10.4. The highest BCUT2D eigenvalue weighted by Crippen LogP contribution is 2.37. The standard InChI is InChI=1S/C18H15BrF3O2/c19-16-11-12(18(20,21)22)5-10-17(16)24-15-8-6-14(7-9-15)23-13-3-1-2-4-13/h1,5-11,13H,2-4H2. The Morgan fingerprint density at radius 3 is 2.29 bits per heavy atom. The molecule has 0 saturated heterocycles. The summed E-state index contributed by atoms with van der Waals surface area (Å²) in [5, 5.41) is 0. The number of halogens is 4. The van der Waals surface area contributed by atoms with Crippen LogP contribution in [0.2, 0.25) is 0 Å². The summed E-state index contributed by atoms with van der Waals surface area (Å²) in [4.78, 5) is 0. The maximum Gasteiger partial charge on any atom is 0.416 e. The number of ether oxygens (including phenoxy) is 2. The Morgan fingerprint density at radius 1 is 1.00 bits per heavy atom. The Bertz CT molecular complexity index is 692. The van der Waals surface area contributed by atoms with Crippen LogP contribution >= 0.6 is 15.9 Å². The summed E-state index contributed by atoms with van der Waals surface area (Å²) in [5.41, 5.74) is -0.723. The molecule has 0 spiro atoms. The van der Waals surface area contributed by atoms with Gasteiger partial charge in [0.1, 0.15) is 17.2 Å². The maximum atomic E-state index is 12.7. The molecule has 1 atom stereocenters. The molecular weight excluding hydrogens is 385 g/mol. The molecule has 1 aliphatic rings. The van der Waals surface area contributed by atoms with Crippen molar-refractivity contribution in [2.75, 3.05) is 0 Å². The Hall–Kier alpha value is -1.69. The second-order valence-electron chi connectivity index (χ2n) is 5.56. The number of alkyl halides is 3. The zero-order valence-corrected chi connectivity index (χ0v) is 14.2. The van der Waals surface area contributed by atoms with Crippen LogP contribution in [0.1, 0.15) is 24.8 Å². The summed E-state index contributed by atoms with van der Waals surface area (Å²) in [7, 11) is 0. The topological polar surface area (TPSA) is 18.5 Å². The Morgan fingerprint density at radius 2 is 1.71 bits per heavy atom. The largest absolute Gasteiger partial charge is 0.490 e. The molecule has 1 fully saturated rings. The third-order valence-electron chi connectivity index (χ3n) is 3.74. The minimum Gasteiger partial charge on any atom is -0.490 e. The summed E-state index contributed by atoms with van der Waals surface area (Å²) in [5.74, 6) is 1.61. The fraction of sp³-hybridized carbons (Fsp3) is 0.278. The highest BCUT2D eigenvalue weighted by molar-refractivity contribution is 9.10. The second-order valence-corrected chi connectivity index (χ2v) is 6.41. The summed E-state index contributed by atoms with van der Waals surface area (Å²) in [6.45, 7) is 0. The smallest absolute Gasteiger partial charge is 0.416 e. The van der Waals surface area contributed by atoms with Crippen molar-refractivity contribution >= 4 is 15.9 Å². The number of hydrogen-bond acceptors (Lipinski definition) is 2. The third-order valence-corrected chi connectivity index (χ3v) is 4.36. The van der Waals surface area contributed by atoms with Gasteiger partial charge in [-0.1, -0.05) is 0 Å². The molecule has 0 N–H and O–H groups in total. The van der Waals surface area contributed by atoms with E-state index >= 15 is 0 Å². The molecule has 0 aromatic heterocycles. The molecule has 6 heteroatoms. The highest BCUT2D eigenvalue weighted by atomic mass is 79.9. The highest BCUT2D eigenvalue weighted by Gasteiger charge is 2.31. The minimum atomic E-state index is -4.38. The first kappa shape index (κ1) is 17.1. The quantitative estimate of drug-likeness (QED) is 0.592. The van der Waals surface area contributed by atoms with E-state index in [0.29, 0.717) is 11.5 Å². The van der Waals surface area contributed by atoms with Crippen LogP contribution in [0.3, 0.4) is 0 Å². The molecule has 2 aromatic carbocycles. The molecule has 24 heavy (non-hydrogen) atoms. The summed E-state index contributed by atoms with van der Waals surface area (Å²) in [6.07, 6.45) is 1.12. The van der Waals surface area contributed by atoms with Crippen molar-refractivity contribution in [3.05, 3.63) is 58.9 Å². The van der Waals surface area contributed by atoms with Gasteiger partial charge in [-0.2, -0.15) is 13.2 Å². The number of rotatable bonds is 4. The van der Waals surface area contributed by atoms with Gasteiger partial charge in [0.15, 0.2) is 0 Å². The van der Waals surface area contributed by atoms with E-state index in [1.54, 1.807) is 24.3 Å². The lowest BCUT2D eigenvalue weighted by molar-refractivity contribution is -0.137. The van der Waals surface area contributed by atoms with E-state index in [0.717, 1.165) is 37.1 Å². The van der Waals surface area contributed by atoms with E-state index in [9.17, 15) is 13.2 Å². The van der Waals surface area contributed by atoms with Gasteiger partial charge in [-0.15, -0.1) is 0 Å². The predicted molar refractivity (Wildman–Crippen MR) is 88.2 cm³/mol. The van der Waals surface area contributed by atoms with Crippen molar-refractivity contribution in [3.63, 3.8) is 0 Å². The first-order valence-corrected chi connectivity index (χ1v) is 8.34. The molecule has 127 valence electrons. The van der Waals surface area contributed by atoms with Gasteiger partial charge < -0.3 is 9.47 Å². The van der Waals surface area contributed by atoms with Gasteiger partial charge in [0.2, 0.25) is 0 Å². The normalized spacial score (nSPS) is 15.5. The first-order valence-electron chi connectivity index (χ1n) is 7.55. The Kier molecular flexibility index (Phi) is 5.04. The summed E-state index contributed by atoms with van der Waals surface area (Å²) < 4.78 is 49.7. The van der Waals surface area contributed by atoms with Crippen molar-refractivity contribution in [2.45, 2.75) is 31.5 Å². The van der Waals surface area contributed by atoms with Crippen LogP contribution in [0.15, 0.2) is 46.9 Å². The Labute approximate surface area is 146 Å². The fourth-order valence-electron chi connectivity index (χ4n) is 2.50. The molecule has 2 nitrogen and oxygen atoms in total. The predicted octanol–water partition coefficient (Wildman–Crippen LogP) is 6.40. The van der Waals surface area contributed by atoms with Crippen LogP contribution < -0.4 is 9.47 Å². The monoisotopic (exact) mass is 399 g/mol. The van der Waals surface area contributed by atoms with E-state index in [1.807, 2.05) is 0 Å². The minimum absolute atomic E-state index is 0.223. The van der Waals surface area contributed by atoms with Crippen LogP contribution in [0.4, 0.5) is 13.2 Å². The van der Waals surface area contributed by atoms with Crippen molar-refractivity contribution in [2.24, 2.45) is 0 Å². The van der Waals surface area contributed by atoms with Crippen LogP contribution in [0, 0.1) is 6.42 Å². The molecule has 0 bridgehead atoms. The summed E-state index contributed by atoms with van der Waals surface area (Å²) >= 11 is 3.12. The lowest BCUT2D eigenvalue weighted by Gasteiger charge is -2.14. The molecule has 0 heterocycles. The fourth-order valence-corrected chi connectivity index (χ4v) is 2.96. The van der Waals surface area contributed by atoms with Crippen LogP contribution in [-0.2, 0) is 6.18 Å². The molecular formula is C18H15BrF3O2. The van der Waals surface area contributed by atoms with E-state index in [1.165, 1.54) is 6.07 Å². The first-order chi connectivity index (χ1) is 11.4. The van der Waals surface area contributed by atoms with Crippen molar-refractivity contribution in [1.29, 1.82) is 0 Å². The average molecular weight is 400 g/mol. The third kappa shape index (κ3) is 4.23. The SMILES string of the molecule is FC(F)(F)c1ccc(Oc2ccc(OC3C[CH]CC3)cc2)c(Br)c1. The maximum absolute atomic E-state index is 12.7. The van der Waals surface area contributed by atoms with Crippen LogP contribution in [-0.4, -0.2) is 6.10 Å². The van der Waals surface area contributed by atoms with Crippen molar-refractivity contribution in [1.82, 2.24) is 0 Å². The van der Waals surface area contributed by atoms with Crippen molar-refractivity contribution in [3.8, 4) is 17.2 Å². The van der Waals surface area contributed by atoms with Gasteiger partial charge in [0.05, 0.1) is 16.1 Å². The lowest BCUT2D eigenvalue weighted by Crippen LogP contribution is -2.10. The molecule has 0 aliphatic heterocycles. The van der Waals surface area contributed by atoms with E-state index < -0.39 is 11.7 Å². The van der Waals surface area contributed by atoms with E-state index in [2.05, 4.69) is 22.4 Å². The van der Waals surface area contributed by atoms with Gasteiger partial charge in [-0.05, 0) is 84.1 Å². The number of hydrogen-bond donors (Lipinski definition) is 0. The van der Waals surface area contributed by atoms with Gasteiger partial charge >= 0.3 is 6.18 Å². The van der Waals surface area contributed by atoms with Gasteiger partial charge in [0.25, 0.3) is 0 Å². The van der Waals surface area contributed by atoms with Crippen molar-refractivity contribution < 1.29 is 22.6 Å². The zero-order valence-electron chi connectivity index (χ0n) is 12.6. The van der Waals surface area contributed by atoms with Gasteiger partial charge in [-0.25, -0.2) is 0 Å². The zero-order chi connectivity index (χ0) is 17.2. The van der Waals surface area contributed by atoms with Crippen LogP contribution in [0.25, 0.3) is 0 Å². The molecule has 0 amide bonds. The van der Waals surface area contributed by atoms with Gasteiger partial charge in [0, 0.05) is 0 Å². The lowest BCUT2D eigenvalue weighted by atomic mass is 10.2. The molecule has 2 aromatic rings. The molecule has 3 rings (SSSR count). The van der Waals surface area contributed by atoms with Crippen LogP contribution in [0.5, 0.6) is 17.2 Å². The average Bonchev–Trinajstić information content (AvgIpc) is 3.03. The molecule has 1 saturated carbocycles. The Balaban J connectivity index is 1.67.